The van der Waals surface area contributed by atoms with E-state index in [1.54, 1.807) is 0 Å². The lowest BCUT2D eigenvalue weighted by Gasteiger charge is -2.31. The van der Waals surface area contributed by atoms with Crippen LogP contribution in [0.1, 0.15) is 48.9 Å². The van der Waals surface area contributed by atoms with Gasteiger partial charge in [-0.3, -0.25) is 4.79 Å². The largest absolute Gasteiger partial charge is 0.371 e. The Bertz CT molecular complexity index is 541. The number of nitrogens with zero attached hydrogens (tertiary/aromatic N) is 2. The highest BCUT2D eigenvalue weighted by molar-refractivity contribution is 5.94. The van der Waals surface area contributed by atoms with E-state index in [-0.39, 0.29) is 11.8 Å². The van der Waals surface area contributed by atoms with E-state index in [0.717, 1.165) is 56.3 Å². The Hall–Kier alpha value is -1.84. The Balaban J connectivity index is 1.62. The molecule has 1 heterocycles. The lowest BCUT2D eigenvalue weighted by atomic mass is 9.98. The maximum atomic E-state index is 12.6. The number of piperidine rings is 1. The fourth-order valence-electron chi connectivity index (χ4n) is 3.77. The van der Waals surface area contributed by atoms with E-state index in [2.05, 4.69) is 4.90 Å². The molecule has 4 nitrogen and oxygen atoms in total. The van der Waals surface area contributed by atoms with Gasteiger partial charge in [0.15, 0.2) is 0 Å². The van der Waals surface area contributed by atoms with Gasteiger partial charge in [0.05, 0.1) is 0 Å². The number of carbonyl (C=O) groups excluding carboxylic acids is 2. The molecule has 4 heteroatoms. The molecule has 1 aliphatic carbocycles. The van der Waals surface area contributed by atoms with Crippen molar-refractivity contribution < 1.29 is 9.59 Å². The van der Waals surface area contributed by atoms with Gasteiger partial charge >= 0.3 is 0 Å². The van der Waals surface area contributed by atoms with Crippen molar-refractivity contribution in [3.05, 3.63) is 29.8 Å². The van der Waals surface area contributed by atoms with Crippen molar-refractivity contribution in [3.8, 4) is 0 Å². The molecule has 2 fully saturated rings. The summed E-state index contributed by atoms with van der Waals surface area (Å²) in [5.41, 5.74) is 1.92. The van der Waals surface area contributed by atoms with E-state index < -0.39 is 0 Å². The molecule has 0 bridgehead atoms. The molecule has 124 valence electrons. The Morgan fingerprint density at radius 1 is 1.09 bits per heavy atom. The van der Waals surface area contributed by atoms with Gasteiger partial charge in [-0.25, -0.2) is 0 Å². The van der Waals surface area contributed by atoms with Crippen LogP contribution in [0, 0.1) is 5.92 Å². The summed E-state index contributed by atoms with van der Waals surface area (Å²) in [6.07, 6.45) is 7.66. The molecule has 0 unspecified atom stereocenters. The quantitative estimate of drug-likeness (QED) is 0.802. The van der Waals surface area contributed by atoms with Crippen LogP contribution in [0.15, 0.2) is 24.3 Å². The molecule has 1 aromatic carbocycles. The Morgan fingerprint density at radius 3 is 2.26 bits per heavy atom. The molecule has 0 atom stereocenters. The number of hydrogen-bond acceptors (Lipinski definition) is 3. The molecule has 1 aromatic rings. The summed E-state index contributed by atoms with van der Waals surface area (Å²) in [5, 5.41) is 0. The van der Waals surface area contributed by atoms with Gasteiger partial charge in [0, 0.05) is 43.3 Å². The molecule has 1 saturated carbocycles. The molecule has 2 aliphatic rings. The zero-order valence-electron chi connectivity index (χ0n) is 13.9. The summed E-state index contributed by atoms with van der Waals surface area (Å²) >= 11 is 0. The standard InChI is InChI=1S/C19H26N2O2/c1-20(17-4-2-3-5-17)19(23)16-6-8-18(9-7-16)21-12-10-15(14-22)11-13-21/h6-9,14-15,17H,2-5,10-13H2,1H3. The van der Waals surface area contributed by atoms with E-state index in [9.17, 15) is 9.59 Å². The Labute approximate surface area is 138 Å². The summed E-state index contributed by atoms with van der Waals surface area (Å²) in [5.74, 6) is 0.343. The number of anilines is 1. The molecule has 1 amide bonds. The van der Waals surface area contributed by atoms with Crippen LogP contribution in [0.5, 0.6) is 0 Å². The average Bonchev–Trinajstić information content (AvgIpc) is 3.15. The number of amides is 1. The maximum absolute atomic E-state index is 12.6. The highest BCUT2D eigenvalue weighted by Gasteiger charge is 2.24. The molecule has 1 aliphatic heterocycles. The van der Waals surface area contributed by atoms with Gasteiger partial charge in [-0.2, -0.15) is 0 Å². The first-order chi connectivity index (χ1) is 11.2. The van der Waals surface area contributed by atoms with Gasteiger partial charge in [0.25, 0.3) is 5.91 Å². The maximum Gasteiger partial charge on any atom is 0.253 e. The molecule has 3 rings (SSSR count). The van der Waals surface area contributed by atoms with Crippen LogP contribution in [-0.4, -0.2) is 43.3 Å². The first-order valence-electron chi connectivity index (χ1n) is 8.76. The zero-order chi connectivity index (χ0) is 16.2. The Morgan fingerprint density at radius 2 is 1.70 bits per heavy atom. The lowest BCUT2D eigenvalue weighted by molar-refractivity contribution is -0.111. The van der Waals surface area contributed by atoms with E-state index in [1.165, 1.54) is 12.8 Å². The molecule has 1 saturated heterocycles. The second kappa shape index (κ2) is 7.16. The van der Waals surface area contributed by atoms with Crippen molar-refractivity contribution in [2.24, 2.45) is 5.92 Å². The van der Waals surface area contributed by atoms with Crippen LogP contribution in [0.3, 0.4) is 0 Å². The third-order valence-corrected chi connectivity index (χ3v) is 5.40. The van der Waals surface area contributed by atoms with Crippen molar-refractivity contribution in [1.29, 1.82) is 0 Å². The smallest absolute Gasteiger partial charge is 0.253 e. The topological polar surface area (TPSA) is 40.6 Å². The summed E-state index contributed by atoms with van der Waals surface area (Å²) in [7, 11) is 1.93. The Kier molecular flexibility index (Phi) is 4.99. The molecular weight excluding hydrogens is 288 g/mol. The van der Waals surface area contributed by atoms with E-state index >= 15 is 0 Å². The average molecular weight is 314 g/mol. The van der Waals surface area contributed by atoms with Crippen LogP contribution in [-0.2, 0) is 4.79 Å². The monoisotopic (exact) mass is 314 g/mol. The van der Waals surface area contributed by atoms with Crippen LogP contribution in [0.25, 0.3) is 0 Å². The fraction of sp³-hybridized carbons (Fsp3) is 0.579. The van der Waals surface area contributed by atoms with Gasteiger partial charge < -0.3 is 14.6 Å². The summed E-state index contributed by atoms with van der Waals surface area (Å²) in [4.78, 5) is 27.6. The van der Waals surface area contributed by atoms with Gasteiger partial charge in [0.1, 0.15) is 6.29 Å². The number of hydrogen-bond donors (Lipinski definition) is 0. The number of benzene rings is 1. The summed E-state index contributed by atoms with van der Waals surface area (Å²) < 4.78 is 0. The van der Waals surface area contributed by atoms with Gasteiger partial charge in [-0.15, -0.1) is 0 Å². The second-order valence-electron chi connectivity index (χ2n) is 6.86. The summed E-state index contributed by atoms with van der Waals surface area (Å²) in [6, 6.07) is 8.36. The molecule has 0 N–H and O–H groups in total. The van der Waals surface area contributed by atoms with Crippen molar-refractivity contribution in [2.75, 3.05) is 25.0 Å². The van der Waals surface area contributed by atoms with E-state index in [4.69, 9.17) is 0 Å². The van der Waals surface area contributed by atoms with Crippen molar-refractivity contribution >= 4 is 17.9 Å². The normalized spacial score (nSPS) is 19.8. The first kappa shape index (κ1) is 16.0. The highest BCUT2D eigenvalue weighted by Crippen LogP contribution is 2.25. The fourth-order valence-corrected chi connectivity index (χ4v) is 3.77. The third-order valence-electron chi connectivity index (χ3n) is 5.40. The van der Waals surface area contributed by atoms with Crippen molar-refractivity contribution in [3.63, 3.8) is 0 Å². The minimum Gasteiger partial charge on any atom is -0.371 e. The van der Waals surface area contributed by atoms with Crippen LogP contribution < -0.4 is 4.90 Å². The molecule has 0 aromatic heterocycles. The van der Waals surface area contributed by atoms with Crippen molar-refractivity contribution in [2.45, 2.75) is 44.6 Å². The number of carbonyl (C=O) groups is 2. The first-order valence-corrected chi connectivity index (χ1v) is 8.76. The SMILES string of the molecule is CN(C(=O)c1ccc(N2CCC(C=O)CC2)cc1)C1CCCC1. The van der Waals surface area contributed by atoms with Gasteiger partial charge in [0.2, 0.25) is 0 Å². The predicted molar refractivity (Wildman–Crippen MR) is 91.8 cm³/mol. The second-order valence-corrected chi connectivity index (χ2v) is 6.86. The summed E-state index contributed by atoms with van der Waals surface area (Å²) in [6.45, 7) is 1.83. The zero-order valence-corrected chi connectivity index (χ0v) is 13.9. The highest BCUT2D eigenvalue weighted by atomic mass is 16.2. The van der Waals surface area contributed by atoms with Crippen molar-refractivity contribution in [1.82, 2.24) is 4.90 Å². The van der Waals surface area contributed by atoms with Crippen LogP contribution in [0.4, 0.5) is 5.69 Å². The lowest BCUT2D eigenvalue weighted by Crippen LogP contribution is -2.35. The molecular formula is C19H26N2O2. The predicted octanol–water partition coefficient (Wildman–Crippen LogP) is 3.12. The third kappa shape index (κ3) is 3.57. The van der Waals surface area contributed by atoms with Gasteiger partial charge in [-0.1, -0.05) is 12.8 Å². The van der Waals surface area contributed by atoms with E-state index in [1.807, 2.05) is 36.2 Å². The van der Waals surface area contributed by atoms with Gasteiger partial charge in [-0.05, 0) is 49.9 Å². The molecule has 0 spiro atoms. The van der Waals surface area contributed by atoms with E-state index in [0.29, 0.717) is 6.04 Å². The molecule has 23 heavy (non-hydrogen) atoms. The molecule has 0 radical (unpaired) electrons. The van der Waals surface area contributed by atoms with Crippen LogP contribution in [0.2, 0.25) is 0 Å². The van der Waals surface area contributed by atoms with Crippen LogP contribution >= 0.6 is 0 Å². The number of rotatable bonds is 4. The minimum atomic E-state index is 0.128. The minimum absolute atomic E-state index is 0.128. The number of aldehydes is 1.